The first-order valence-electron chi connectivity index (χ1n) is 6.80. The van der Waals surface area contributed by atoms with Gasteiger partial charge in [-0.2, -0.15) is 0 Å². The zero-order valence-corrected chi connectivity index (χ0v) is 12.2. The molecule has 4 heteroatoms. The molecular weight excluding hydrogens is 266 g/mol. The summed E-state index contributed by atoms with van der Waals surface area (Å²) in [6, 6.07) is 12.9. The molecule has 0 saturated carbocycles. The van der Waals surface area contributed by atoms with Gasteiger partial charge in [0.25, 0.3) is 0 Å². The van der Waals surface area contributed by atoms with Gasteiger partial charge in [-0.25, -0.2) is 0 Å². The van der Waals surface area contributed by atoms with Crippen molar-refractivity contribution >= 4 is 28.6 Å². The second-order valence-corrected chi connectivity index (χ2v) is 5.59. The number of thiocarbonyl (C=S) groups is 1. The molecule has 1 aliphatic rings. The van der Waals surface area contributed by atoms with Crippen LogP contribution >= 0.6 is 12.2 Å². The highest BCUT2D eigenvalue weighted by Crippen LogP contribution is 2.36. The lowest BCUT2D eigenvalue weighted by Gasteiger charge is -2.37. The van der Waals surface area contributed by atoms with E-state index in [4.69, 9.17) is 18.0 Å². The second kappa shape index (κ2) is 5.21. The van der Waals surface area contributed by atoms with Crippen LogP contribution in [0, 0.1) is 0 Å². The third-order valence-electron chi connectivity index (χ3n) is 3.80. The molecule has 3 rings (SSSR count). The number of aryl methyl sites for hydroxylation is 1. The normalized spacial score (nSPS) is 17.6. The van der Waals surface area contributed by atoms with Crippen molar-refractivity contribution in [2.75, 3.05) is 4.90 Å². The number of benzene rings is 1. The van der Waals surface area contributed by atoms with Gasteiger partial charge in [-0.05, 0) is 43.5 Å². The highest BCUT2D eigenvalue weighted by Gasteiger charge is 2.24. The molecule has 1 aliphatic heterocycles. The molecule has 2 aromatic rings. The van der Waals surface area contributed by atoms with E-state index in [1.165, 1.54) is 11.3 Å². The van der Waals surface area contributed by atoms with E-state index in [0.29, 0.717) is 16.7 Å². The molecule has 2 N–H and O–H groups in total. The molecule has 0 bridgehead atoms. The van der Waals surface area contributed by atoms with E-state index in [9.17, 15) is 0 Å². The Labute approximate surface area is 124 Å². The van der Waals surface area contributed by atoms with E-state index in [1.807, 2.05) is 18.3 Å². The highest BCUT2D eigenvalue weighted by molar-refractivity contribution is 7.80. The molecule has 1 aromatic heterocycles. The van der Waals surface area contributed by atoms with Gasteiger partial charge in [-0.15, -0.1) is 0 Å². The molecule has 1 aromatic carbocycles. The Morgan fingerprint density at radius 1 is 1.30 bits per heavy atom. The monoisotopic (exact) mass is 283 g/mol. The highest BCUT2D eigenvalue weighted by atomic mass is 32.1. The first-order chi connectivity index (χ1) is 9.66. The average molecular weight is 283 g/mol. The van der Waals surface area contributed by atoms with Crippen molar-refractivity contribution in [3.8, 4) is 0 Å². The van der Waals surface area contributed by atoms with Crippen LogP contribution in [0.4, 0.5) is 11.4 Å². The number of hydrogen-bond acceptors (Lipinski definition) is 3. The molecule has 2 heterocycles. The first kappa shape index (κ1) is 13.1. The maximum absolute atomic E-state index is 5.60. The van der Waals surface area contributed by atoms with E-state index in [1.54, 1.807) is 0 Å². The molecule has 0 spiro atoms. The molecular formula is C16H17N3S. The fraction of sp³-hybridized carbons (Fsp3) is 0.250. The number of anilines is 2. The molecule has 0 amide bonds. The summed E-state index contributed by atoms with van der Waals surface area (Å²) in [4.78, 5) is 7.03. The first-order valence-corrected chi connectivity index (χ1v) is 7.20. The van der Waals surface area contributed by atoms with E-state index in [2.05, 4.69) is 41.1 Å². The maximum Gasteiger partial charge on any atom is 0.122 e. The number of para-hydroxylation sites is 1. The Bertz CT molecular complexity index is 636. The zero-order chi connectivity index (χ0) is 14.1. The SMILES string of the molecule is CC1CCc2ccccc2N1c1ccc(C(N)=S)nc1. The van der Waals surface area contributed by atoms with Gasteiger partial charge in [-0.3, -0.25) is 4.98 Å². The molecule has 3 nitrogen and oxygen atoms in total. The summed E-state index contributed by atoms with van der Waals surface area (Å²) < 4.78 is 0. The van der Waals surface area contributed by atoms with Gasteiger partial charge < -0.3 is 10.6 Å². The third kappa shape index (κ3) is 2.27. The molecule has 0 saturated heterocycles. The van der Waals surface area contributed by atoms with Gasteiger partial charge in [0, 0.05) is 11.7 Å². The van der Waals surface area contributed by atoms with Crippen molar-refractivity contribution in [1.82, 2.24) is 4.98 Å². The van der Waals surface area contributed by atoms with Crippen molar-refractivity contribution in [1.29, 1.82) is 0 Å². The number of nitrogens with zero attached hydrogens (tertiary/aromatic N) is 2. The van der Waals surface area contributed by atoms with Crippen molar-refractivity contribution in [2.45, 2.75) is 25.8 Å². The van der Waals surface area contributed by atoms with Gasteiger partial charge >= 0.3 is 0 Å². The van der Waals surface area contributed by atoms with Crippen LogP contribution in [-0.4, -0.2) is 16.0 Å². The van der Waals surface area contributed by atoms with Gasteiger partial charge in [0.1, 0.15) is 4.99 Å². The minimum Gasteiger partial charge on any atom is -0.388 e. The smallest absolute Gasteiger partial charge is 0.122 e. The lowest BCUT2D eigenvalue weighted by atomic mass is 9.96. The number of hydrogen-bond donors (Lipinski definition) is 1. The summed E-state index contributed by atoms with van der Waals surface area (Å²) in [5.74, 6) is 0. The molecule has 0 radical (unpaired) electrons. The quantitative estimate of drug-likeness (QED) is 0.860. The number of nitrogens with two attached hydrogens (primary N) is 1. The lowest BCUT2D eigenvalue weighted by molar-refractivity contribution is 0.617. The van der Waals surface area contributed by atoms with E-state index in [0.717, 1.165) is 18.5 Å². The Morgan fingerprint density at radius 3 is 2.80 bits per heavy atom. The number of rotatable bonds is 2. The van der Waals surface area contributed by atoms with Gasteiger partial charge in [0.2, 0.25) is 0 Å². The van der Waals surface area contributed by atoms with Crippen molar-refractivity contribution in [2.24, 2.45) is 5.73 Å². The summed E-state index contributed by atoms with van der Waals surface area (Å²) in [6.07, 6.45) is 4.13. The van der Waals surface area contributed by atoms with E-state index < -0.39 is 0 Å². The Kier molecular flexibility index (Phi) is 3.40. The fourth-order valence-corrected chi connectivity index (χ4v) is 2.88. The van der Waals surface area contributed by atoms with Crippen LogP contribution in [0.1, 0.15) is 24.6 Å². The van der Waals surface area contributed by atoms with Gasteiger partial charge in [-0.1, -0.05) is 30.4 Å². The largest absolute Gasteiger partial charge is 0.388 e. The number of aromatic nitrogens is 1. The summed E-state index contributed by atoms with van der Waals surface area (Å²) in [7, 11) is 0. The molecule has 102 valence electrons. The molecule has 20 heavy (non-hydrogen) atoms. The molecule has 0 fully saturated rings. The van der Waals surface area contributed by atoms with Gasteiger partial charge in [0.05, 0.1) is 17.6 Å². The number of pyridine rings is 1. The van der Waals surface area contributed by atoms with Crippen molar-refractivity contribution < 1.29 is 0 Å². The van der Waals surface area contributed by atoms with E-state index >= 15 is 0 Å². The average Bonchev–Trinajstić information content (AvgIpc) is 2.47. The molecule has 1 unspecified atom stereocenters. The topological polar surface area (TPSA) is 42.1 Å². The van der Waals surface area contributed by atoms with Crippen LogP contribution in [0.15, 0.2) is 42.6 Å². The predicted molar refractivity (Wildman–Crippen MR) is 86.5 cm³/mol. The minimum absolute atomic E-state index is 0.337. The Morgan fingerprint density at radius 2 is 2.10 bits per heavy atom. The van der Waals surface area contributed by atoms with E-state index in [-0.39, 0.29) is 0 Å². The summed E-state index contributed by atoms with van der Waals surface area (Å²) in [5.41, 5.74) is 10.0. The predicted octanol–water partition coefficient (Wildman–Crippen LogP) is 3.19. The zero-order valence-electron chi connectivity index (χ0n) is 11.4. The summed E-state index contributed by atoms with van der Waals surface area (Å²) in [6.45, 7) is 2.25. The standard InChI is InChI=1S/C16H17N3S/c1-11-6-7-12-4-2-3-5-15(12)19(11)13-8-9-14(16(17)20)18-10-13/h2-5,8-11H,6-7H2,1H3,(H2,17,20). The summed E-state index contributed by atoms with van der Waals surface area (Å²) in [5, 5.41) is 0. The Hall–Kier alpha value is -1.94. The fourth-order valence-electron chi connectivity index (χ4n) is 2.76. The summed E-state index contributed by atoms with van der Waals surface area (Å²) >= 11 is 4.95. The van der Waals surface area contributed by atoms with Crippen LogP contribution in [0.2, 0.25) is 0 Å². The van der Waals surface area contributed by atoms with Crippen LogP contribution in [-0.2, 0) is 6.42 Å². The minimum atomic E-state index is 0.337. The van der Waals surface area contributed by atoms with Crippen LogP contribution in [0.5, 0.6) is 0 Å². The molecule has 0 aliphatic carbocycles. The van der Waals surface area contributed by atoms with Crippen LogP contribution in [0.3, 0.4) is 0 Å². The van der Waals surface area contributed by atoms with Crippen LogP contribution < -0.4 is 10.6 Å². The van der Waals surface area contributed by atoms with Crippen molar-refractivity contribution in [3.63, 3.8) is 0 Å². The molecule has 1 atom stereocenters. The van der Waals surface area contributed by atoms with Crippen LogP contribution in [0.25, 0.3) is 0 Å². The third-order valence-corrected chi connectivity index (χ3v) is 4.01. The van der Waals surface area contributed by atoms with Crippen molar-refractivity contribution in [3.05, 3.63) is 53.9 Å². The maximum atomic E-state index is 5.60. The second-order valence-electron chi connectivity index (χ2n) is 5.15. The lowest BCUT2D eigenvalue weighted by Crippen LogP contribution is -2.33. The number of fused-ring (bicyclic) bond motifs is 1. The Balaban J connectivity index is 2.02. The van der Waals surface area contributed by atoms with Gasteiger partial charge in [0.15, 0.2) is 0 Å².